The van der Waals surface area contributed by atoms with Gasteiger partial charge in [0.15, 0.2) is 0 Å². The van der Waals surface area contributed by atoms with Crippen molar-refractivity contribution in [2.45, 2.75) is 69.5 Å². The summed E-state index contributed by atoms with van der Waals surface area (Å²) >= 11 is 0. The third kappa shape index (κ3) is 3.34. The lowest BCUT2D eigenvalue weighted by Crippen LogP contribution is -2.41. The van der Waals surface area contributed by atoms with Crippen molar-refractivity contribution < 1.29 is 14.6 Å². The molecule has 0 aromatic heterocycles. The molecule has 0 bridgehead atoms. The van der Waals surface area contributed by atoms with E-state index < -0.39 is 5.97 Å². The van der Waals surface area contributed by atoms with Crippen LogP contribution in [0.2, 0.25) is 0 Å². The molecule has 0 radical (unpaired) electrons. The van der Waals surface area contributed by atoms with Gasteiger partial charge in [0.05, 0.1) is 11.7 Å². The van der Waals surface area contributed by atoms with Gasteiger partial charge in [-0.1, -0.05) is 12.8 Å². The fraction of sp³-hybridized carbons (Fsp3) is 0.938. The molecule has 1 saturated carbocycles. The molecule has 3 rings (SSSR count). The number of carbonyl (C=O) groups is 1. The van der Waals surface area contributed by atoms with Crippen molar-refractivity contribution in [3.63, 3.8) is 0 Å². The maximum atomic E-state index is 10.8. The number of likely N-dealkylation sites (tertiary alicyclic amines) is 1. The molecule has 1 aliphatic carbocycles. The summed E-state index contributed by atoms with van der Waals surface area (Å²) in [4.78, 5) is 13.3. The molecular formula is C16H27NO3. The third-order valence-electron chi connectivity index (χ3n) is 5.38. The summed E-state index contributed by atoms with van der Waals surface area (Å²) in [6.07, 6.45) is 10.5. The number of piperidine rings is 1. The standard InChI is InChI=1S/C16H27NO3/c18-15(19)10-13-4-3-9-17(11-13)12-14-5-8-16(20-14)6-1-2-7-16/h13-14H,1-12H2,(H,18,19). The Morgan fingerprint density at radius 1 is 1.20 bits per heavy atom. The maximum Gasteiger partial charge on any atom is 0.303 e. The van der Waals surface area contributed by atoms with Gasteiger partial charge >= 0.3 is 5.97 Å². The highest BCUT2D eigenvalue weighted by atomic mass is 16.5. The summed E-state index contributed by atoms with van der Waals surface area (Å²) in [7, 11) is 0. The Bertz CT molecular complexity index is 352. The van der Waals surface area contributed by atoms with Crippen molar-refractivity contribution in [2.24, 2.45) is 5.92 Å². The van der Waals surface area contributed by atoms with Gasteiger partial charge in [0.2, 0.25) is 0 Å². The second-order valence-electron chi connectivity index (χ2n) is 7.03. The fourth-order valence-corrected chi connectivity index (χ4v) is 4.43. The van der Waals surface area contributed by atoms with E-state index in [1.165, 1.54) is 38.5 Å². The molecule has 2 heterocycles. The number of hydrogen-bond acceptors (Lipinski definition) is 3. The SMILES string of the molecule is O=C(O)CC1CCCN(CC2CCC3(CCCC3)O2)C1. The highest BCUT2D eigenvalue weighted by molar-refractivity contribution is 5.67. The molecule has 114 valence electrons. The van der Waals surface area contributed by atoms with Gasteiger partial charge in [-0.25, -0.2) is 0 Å². The molecule has 2 atom stereocenters. The number of ether oxygens (including phenoxy) is 1. The van der Waals surface area contributed by atoms with Gasteiger partial charge < -0.3 is 14.7 Å². The van der Waals surface area contributed by atoms with Crippen molar-refractivity contribution in [2.75, 3.05) is 19.6 Å². The zero-order chi connectivity index (χ0) is 14.0. The Morgan fingerprint density at radius 2 is 2.00 bits per heavy atom. The molecule has 1 spiro atoms. The molecule has 2 unspecified atom stereocenters. The summed E-state index contributed by atoms with van der Waals surface area (Å²) in [6.45, 7) is 3.07. The Kier molecular flexibility index (Phi) is 4.32. The van der Waals surface area contributed by atoms with Crippen LogP contribution < -0.4 is 0 Å². The van der Waals surface area contributed by atoms with E-state index in [0.29, 0.717) is 18.4 Å². The molecule has 3 aliphatic rings. The van der Waals surface area contributed by atoms with Crippen LogP contribution in [0, 0.1) is 5.92 Å². The van der Waals surface area contributed by atoms with Crippen LogP contribution in [0.25, 0.3) is 0 Å². The molecule has 0 aromatic rings. The van der Waals surface area contributed by atoms with Crippen LogP contribution in [0.3, 0.4) is 0 Å². The van der Waals surface area contributed by atoms with Gasteiger partial charge in [-0.2, -0.15) is 0 Å². The monoisotopic (exact) mass is 281 g/mol. The minimum atomic E-state index is -0.654. The maximum absolute atomic E-state index is 10.8. The van der Waals surface area contributed by atoms with Crippen molar-refractivity contribution in [3.8, 4) is 0 Å². The fourth-order valence-electron chi connectivity index (χ4n) is 4.43. The van der Waals surface area contributed by atoms with E-state index in [1.807, 2.05) is 0 Å². The van der Waals surface area contributed by atoms with Gasteiger partial charge in [-0.05, 0) is 51.0 Å². The van der Waals surface area contributed by atoms with Crippen LogP contribution in [0.4, 0.5) is 0 Å². The van der Waals surface area contributed by atoms with Gasteiger partial charge in [0.1, 0.15) is 0 Å². The topological polar surface area (TPSA) is 49.8 Å². The minimum Gasteiger partial charge on any atom is -0.481 e. The lowest BCUT2D eigenvalue weighted by molar-refractivity contribution is -0.138. The molecule has 3 fully saturated rings. The molecule has 2 saturated heterocycles. The van der Waals surface area contributed by atoms with E-state index in [0.717, 1.165) is 32.5 Å². The number of carboxylic acid groups (broad SMARTS) is 1. The molecule has 20 heavy (non-hydrogen) atoms. The summed E-state index contributed by atoms with van der Waals surface area (Å²) in [6, 6.07) is 0. The van der Waals surface area contributed by atoms with Crippen molar-refractivity contribution in [1.82, 2.24) is 4.90 Å². The quantitative estimate of drug-likeness (QED) is 0.860. The first-order chi connectivity index (χ1) is 9.65. The minimum absolute atomic E-state index is 0.223. The predicted molar refractivity (Wildman–Crippen MR) is 76.7 cm³/mol. The number of hydrogen-bond donors (Lipinski definition) is 1. The van der Waals surface area contributed by atoms with Gasteiger partial charge in [-0.15, -0.1) is 0 Å². The molecule has 4 heteroatoms. The van der Waals surface area contributed by atoms with Gasteiger partial charge in [-0.3, -0.25) is 4.79 Å². The van der Waals surface area contributed by atoms with E-state index in [-0.39, 0.29) is 5.60 Å². The van der Waals surface area contributed by atoms with Crippen LogP contribution in [0.5, 0.6) is 0 Å². The van der Waals surface area contributed by atoms with Crippen molar-refractivity contribution >= 4 is 5.97 Å². The van der Waals surface area contributed by atoms with Crippen molar-refractivity contribution in [1.29, 1.82) is 0 Å². The molecule has 4 nitrogen and oxygen atoms in total. The van der Waals surface area contributed by atoms with E-state index in [2.05, 4.69) is 4.90 Å². The second-order valence-corrected chi connectivity index (χ2v) is 7.03. The van der Waals surface area contributed by atoms with Crippen LogP contribution in [0.1, 0.15) is 57.8 Å². The number of aliphatic carboxylic acids is 1. The first-order valence-corrected chi connectivity index (χ1v) is 8.27. The number of carboxylic acids is 1. The zero-order valence-electron chi connectivity index (χ0n) is 12.4. The Labute approximate surface area is 121 Å². The zero-order valence-corrected chi connectivity index (χ0v) is 12.4. The van der Waals surface area contributed by atoms with E-state index in [4.69, 9.17) is 9.84 Å². The van der Waals surface area contributed by atoms with E-state index >= 15 is 0 Å². The van der Waals surface area contributed by atoms with Crippen LogP contribution in [-0.2, 0) is 9.53 Å². The van der Waals surface area contributed by atoms with Crippen LogP contribution in [-0.4, -0.2) is 47.3 Å². The number of rotatable bonds is 4. The van der Waals surface area contributed by atoms with Gasteiger partial charge in [0.25, 0.3) is 0 Å². The second kappa shape index (κ2) is 6.02. The largest absolute Gasteiger partial charge is 0.481 e. The normalized spacial score (nSPS) is 33.8. The Hall–Kier alpha value is -0.610. The molecule has 0 aromatic carbocycles. The molecule has 0 amide bonds. The highest BCUT2D eigenvalue weighted by Gasteiger charge is 2.42. The Balaban J connectivity index is 1.47. The summed E-state index contributed by atoms with van der Waals surface area (Å²) in [5, 5.41) is 8.93. The Morgan fingerprint density at radius 3 is 2.75 bits per heavy atom. The molecule has 1 N–H and O–H groups in total. The summed E-state index contributed by atoms with van der Waals surface area (Å²) in [5.74, 6) is -0.318. The lowest BCUT2D eigenvalue weighted by Gasteiger charge is -2.34. The molecular weight excluding hydrogens is 254 g/mol. The lowest BCUT2D eigenvalue weighted by atomic mass is 9.94. The van der Waals surface area contributed by atoms with Crippen molar-refractivity contribution in [3.05, 3.63) is 0 Å². The summed E-state index contributed by atoms with van der Waals surface area (Å²) in [5.41, 5.74) is 0.223. The van der Waals surface area contributed by atoms with E-state index in [1.54, 1.807) is 0 Å². The average Bonchev–Trinajstić information content (AvgIpc) is 3.00. The highest BCUT2D eigenvalue weighted by Crippen LogP contribution is 2.43. The van der Waals surface area contributed by atoms with Crippen LogP contribution >= 0.6 is 0 Å². The summed E-state index contributed by atoms with van der Waals surface area (Å²) < 4.78 is 6.37. The number of nitrogens with zero attached hydrogens (tertiary/aromatic N) is 1. The van der Waals surface area contributed by atoms with Crippen LogP contribution in [0.15, 0.2) is 0 Å². The third-order valence-corrected chi connectivity index (χ3v) is 5.38. The smallest absolute Gasteiger partial charge is 0.303 e. The van der Waals surface area contributed by atoms with Gasteiger partial charge in [0, 0.05) is 19.5 Å². The average molecular weight is 281 g/mol. The first-order valence-electron chi connectivity index (χ1n) is 8.27. The predicted octanol–water partition coefficient (Wildman–Crippen LogP) is 2.66. The molecule has 2 aliphatic heterocycles. The van der Waals surface area contributed by atoms with E-state index in [9.17, 15) is 4.79 Å². The first kappa shape index (κ1) is 14.3.